The summed E-state index contributed by atoms with van der Waals surface area (Å²) < 4.78 is 0. The van der Waals surface area contributed by atoms with Crippen molar-refractivity contribution >= 4 is 5.97 Å². The molecular formula is C15H29NO2. The summed E-state index contributed by atoms with van der Waals surface area (Å²) in [5, 5.41) is 12.3. The van der Waals surface area contributed by atoms with Crippen LogP contribution >= 0.6 is 0 Å². The minimum absolute atomic E-state index is 0.353. The zero-order valence-electron chi connectivity index (χ0n) is 12.1. The van der Waals surface area contributed by atoms with Gasteiger partial charge in [-0.05, 0) is 56.4 Å². The average Bonchev–Trinajstić information content (AvgIpc) is 2.26. The molecule has 0 spiro atoms. The van der Waals surface area contributed by atoms with E-state index in [9.17, 15) is 4.79 Å². The number of hydrogen-bond acceptors (Lipinski definition) is 2. The molecule has 3 nitrogen and oxygen atoms in total. The van der Waals surface area contributed by atoms with E-state index in [2.05, 4.69) is 19.2 Å². The Balaban J connectivity index is 2.25. The molecule has 0 aromatic rings. The van der Waals surface area contributed by atoms with Gasteiger partial charge in [0.25, 0.3) is 0 Å². The van der Waals surface area contributed by atoms with Crippen LogP contribution in [0.2, 0.25) is 0 Å². The lowest BCUT2D eigenvalue weighted by Crippen LogP contribution is -2.38. The van der Waals surface area contributed by atoms with Crippen molar-refractivity contribution in [3.63, 3.8) is 0 Å². The van der Waals surface area contributed by atoms with Crippen LogP contribution in [0.4, 0.5) is 0 Å². The molecule has 1 saturated carbocycles. The molecule has 18 heavy (non-hydrogen) atoms. The molecule has 0 aromatic heterocycles. The van der Waals surface area contributed by atoms with Crippen molar-refractivity contribution in [3.05, 3.63) is 0 Å². The van der Waals surface area contributed by atoms with E-state index in [1.54, 1.807) is 0 Å². The van der Waals surface area contributed by atoms with Crippen molar-refractivity contribution in [1.29, 1.82) is 0 Å². The zero-order chi connectivity index (χ0) is 13.5. The van der Waals surface area contributed by atoms with E-state index in [1.165, 1.54) is 19.3 Å². The minimum atomic E-state index is -0.706. The summed E-state index contributed by atoms with van der Waals surface area (Å²) in [6.45, 7) is 7.56. The van der Waals surface area contributed by atoms with Gasteiger partial charge >= 0.3 is 5.97 Å². The molecular weight excluding hydrogens is 226 g/mol. The van der Waals surface area contributed by atoms with E-state index >= 15 is 0 Å². The van der Waals surface area contributed by atoms with E-state index < -0.39 is 5.97 Å². The lowest BCUT2D eigenvalue weighted by molar-refractivity contribution is -0.139. The fourth-order valence-electron chi connectivity index (χ4n) is 3.41. The number of nitrogens with one attached hydrogen (secondary N) is 1. The summed E-state index contributed by atoms with van der Waals surface area (Å²) in [7, 11) is 0. The van der Waals surface area contributed by atoms with Gasteiger partial charge in [-0.3, -0.25) is 4.79 Å². The normalized spacial score (nSPS) is 30.1. The Hall–Kier alpha value is -0.570. The Labute approximate surface area is 111 Å². The third-order valence-electron chi connectivity index (χ3n) is 4.09. The zero-order valence-corrected chi connectivity index (χ0v) is 12.1. The topological polar surface area (TPSA) is 49.3 Å². The van der Waals surface area contributed by atoms with Crippen molar-refractivity contribution in [3.8, 4) is 0 Å². The summed E-state index contributed by atoms with van der Waals surface area (Å²) in [5.41, 5.74) is 0. The quantitative estimate of drug-likeness (QED) is 0.734. The molecule has 1 aliphatic rings. The highest BCUT2D eigenvalue weighted by atomic mass is 16.4. The van der Waals surface area contributed by atoms with Crippen molar-refractivity contribution in [2.24, 2.45) is 17.8 Å². The van der Waals surface area contributed by atoms with Crippen LogP contribution in [0, 0.1) is 17.8 Å². The molecule has 1 aliphatic carbocycles. The number of carboxylic acid groups (broad SMARTS) is 1. The third-order valence-corrected chi connectivity index (χ3v) is 4.09. The predicted octanol–water partition coefficient (Wildman–Crippen LogP) is 3.29. The summed E-state index contributed by atoms with van der Waals surface area (Å²) in [5.74, 6) is 1.75. The Bertz CT molecular complexity index is 245. The molecule has 1 fully saturated rings. The first-order chi connectivity index (χ1) is 8.52. The van der Waals surface area contributed by atoms with Crippen LogP contribution in [0.15, 0.2) is 0 Å². The Morgan fingerprint density at radius 2 is 1.89 bits per heavy atom. The number of carbonyl (C=O) groups is 1. The molecule has 1 rings (SSSR count). The average molecular weight is 255 g/mol. The van der Waals surface area contributed by atoms with Crippen LogP contribution in [0.3, 0.4) is 0 Å². The molecule has 0 amide bonds. The van der Waals surface area contributed by atoms with Crippen LogP contribution in [0.1, 0.15) is 59.3 Å². The molecule has 0 saturated heterocycles. The summed E-state index contributed by atoms with van der Waals surface area (Å²) in [4.78, 5) is 11.0. The van der Waals surface area contributed by atoms with Crippen LogP contribution in [0.5, 0.6) is 0 Å². The Morgan fingerprint density at radius 3 is 2.39 bits per heavy atom. The Kier molecular flexibility index (Phi) is 6.69. The lowest BCUT2D eigenvalue weighted by Gasteiger charge is -2.31. The van der Waals surface area contributed by atoms with Gasteiger partial charge in [0.05, 0.1) is 0 Å². The number of rotatable bonds is 7. The van der Waals surface area contributed by atoms with E-state index in [0.29, 0.717) is 0 Å². The summed E-state index contributed by atoms with van der Waals surface area (Å²) >= 11 is 0. The SMILES string of the molecule is CCCC(NCCC1CC(C)CC(C)C1)C(=O)O. The van der Waals surface area contributed by atoms with E-state index in [1.807, 2.05) is 6.92 Å². The lowest BCUT2D eigenvalue weighted by atomic mass is 9.75. The number of hydrogen-bond donors (Lipinski definition) is 2. The predicted molar refractivity (Wildman–Crippen MR) is 74.6 cm³/mol. The third kappa shape index (κ3) is 5.38. The maximum Gasteiger partial charge on any atom is 0.320 e. The van der Waals surface area contributed by atoms with Gasteiger partial charge in [0.2, 0.25) is 0 Å². The second kappa shape index (κ2) is 7.78. The molecule has 0 heterocycles. The van der Waals surface area contributed by atoms with Gasteiger partial charge in [0, 0.05) is 0 Å². The fourth-order valence-corrected chi connectivity index (χ4v) is 3.41. The first-order valence-electron chi connectivity index (χ1n) is 7.49. The van der Waals surface area contributed by atoms with Crippen molar-refractivity contribution in [2.75, 3.05) is 6.54 Å². The van der Waals surface area contributed by atoms with Crippen LogP contribution in [-0.4, -0.2) is 23.7 Å². The smallest absolute Gasteiger partial charge is 0.320 e. The molecule has 3 atom stereocenters. The second-order valence-electron chi connectivity index (χ2n) is 6.21. The van der Waals surface area contributed by atoms with Crippen LogP contribution in [-0.2, 0) is 4.79 Å². The molecule has 0 radical (unpaired) electrons. The monoisotopic (exact) mass is 255 g/mol. The molecule has 106 valence electrons. The largest absolute Gasteiger partial charge is 0.480 e. The number of aliphatic carboxylic acids is 1. The highest BCUT2D eigenvalue weighted by Crippen LogP contribution is 2.34. The van der Waals surface area contributed by atoms with Crippen molar-refractivity contribution < 1.29 is 9.90 Å². The van der Waals surface area contributed by atoms with E-state index in [0.717, 1.165) is 43.6 Å². The number of carboxylic acids is 1. The van der Waals surface area contributed by atoms with Crippen LogP contribution in [0.25, 0.3) is 0 Å². The minimum Gasteiger partial charge on any atom is -0.480 e. The van der Waals surface area contributed by atoms with Crippen LogP contribution < -0.4 is 5.32 Å². The molecule has 3 unspecified atom stereocenters. The molecule has 0 aliphatic heterocycles. The highest BCUT2D eigenvalue weighted by molar-refractivity contribution is 5.73. The maximum absolute atomic E-state index is 11.0. The van der Waals surface area contributed by atoms with Crippen molar-refractivity contribution in [2.45, 2.75) is 65.3 Å². The summed E-state index contributed by atoms with van der Waals surface area (Å²) in [6.07, 6.45) is 6.77. The standard InChI is InChI=1S/C15H29NO2/c1-4-5-14(15(17)18)16-7-6-13-9-11(2)8-12(3)10-13/h11-14,16H,4-10H2,1-3H3,(H,17,18). The van der Waals surface area contributed by atoms with Gasteiger partial charge in [-0.25, -0.2) is 0 Å². The van der Waals surface area contributed by atoms with Gasteiger partial charge in [-0.15, -0.1) is 0 Å². The molecule has 2 N–H and O–H groups in total. The van der Waals surface area contributed by atoms with Gasteiger partial charge in [0.1, 0.15) is 6.04 Å². The maximum atomic E-state index is 11.0. The second-order valence-corrected chi connectivity index (χ2v) is 6.21. The first kappa shape index (κ1) is 15.5. The van der Waals surface area contributed by atoms with Gasteiger partial charge in [-0.2, -0.15) is 0 Å². The molecule has 0 aromatic carbocycles. The van der Waals surface area contributed by atoms with Gasteiger partial charge < -0.3 is 10.4 Å². The van der Waals surface area contributed by atoms with E-state index in [-0.39, 0.29) is 6.04 Å². The van der Waals surface area contributed by atoms with Gasteiger partial charge in [-0.1, -0.05) is 27.2 Å². The summed E-state index contributed by atoms with van der Waals surface area (Å²) in [6, 6.07) is -0.353. The molecule has 3 heteroatoms. The first-order valence-corrected chi connectivity index (χ1v) is 7.49. The highest BCUT2D eigenvalue weighted by Gasteiger charge is 2.24. The van der Waals surface area contributed by atoms with Gasteiger partial charge in [0.15, 0.2) is 0 Å². The molecule has 0 bridgehead atoms. The Morgan fingerprint density at radius 1 is 1.28 bits per heavy atom. The van der Waals surface area contributed by atoms with E-state index in [4.69, 9.17) is 5.11 Å². The van der Waals surface area contributed by atoms with Crippen molar-refractivity contribution in [1.82, 2.24) is 5.32 Å². The fraction of sp³-hybridized carbons (Fsp3) is 0.933.